The second-order valence-electron chi connectivity index (χ2n) is 7.47. The van der Waals surface area contributed by atoms with Crippen molar-refractivity contribution in [3.63, 3.8) is 0 Å². The van der Waals surface area contributed by atoms with Crippen LogP contribution in [-0.4, -0.2) is 17.4 Å². The fraction of sp³-hybridized carbons (Fsp3) is 0.185. The molecule has 3 nitrogen and oxygen atoms in total. The Hall–Kier alpha value is -3.46. The van der Waals surface area contributed by atoms with E-state index in [1.54, 1.807) is 0 Å². The number of rotatable bonds is 7. The molecule has 0 saturated carbocycles. The van der Waals surface area contributed by atoms with Gasteiger partial charge in [-0.1, -0.05) is 79.7 Å². The molecule has 1 N–H and O–H groups in total. The number of hydrogen-bond acceptors (Lipinski definition) is 2. The van der Waals surface area contributed by atoms with Crippen molar-refractivity contribution in [1.82, 2.24) is 10.3 Å². The van der Waals surface area contributed by atoms with Crippen molar-refractivity contribution in [2.24, 2.45) is 0 Å². The van der Waals surface area contributed by atoms with Gasteiger partial charge >= 0.3 is 0 Å². The van der Waals surface area contributed by atoms with E-state index in [0.29, 0.717) is 12.1 Å². The summed E-state index contributed by atoms with van der Waals surface area (Å²) in [6.45, 7) is 2.79. The lowest BCUT2D eigenvalue weighted by Gasteiger charge is -2.11. The summed E-state index contributed by atoms with van der Waals surface area (Å²) >= 11 is 0. The lowest BCUT2D eigenvalue weighted by molar-refractivity contribution is 0.0955. The van der Waals surface area contributed by atoms with E-state index in [0.717, 1.165) is 41.4 Å². The number of benzene rings is 3. The minimum Gasteiger partial charge on any atom is -0.352 e. The summed E-state index contributed by atoms with van der Waals surface area (Å²) in [5, 5.41) is 3.97. The number of para-hydroxylation sites is 1. The molecule has 0 unspecified atom stereocenters. The largest absolute Gasteiger partial charge is 0.352 e. The van der Waals surface area contributed by atoms with E-state index in [1.165, 1.54) is 11.1 Å². The molecular formula is C27H26N2O. The van der Waals surface area contributed by atoms with Crippen LogP contribution in [0.4, 0.5) is 0 Å². The van der Waals surface area contributed by atoms with Gasteiger partial charge in [-0.3, -0.25) is 4.79 Å². The number of amides is 1. The number of fused-ring (bicyclic) bond motifs is 1. The van der Waals surface area contributed by atoms with Crippen LogP contribution in [-0.2, 0) is 12.8 Å². The van der Waals surface area contributed by atoms with Gasteiger partial charge in [-0.15, -0.1) is 0 Å². The van der Waals surface area contributed by atoms with Gasteiger partial charge in [0.2, 0.25) is 0 Å². The maximum Gasteiger partial charge on any atom is 0.252 e. The van der Waals surface area contributed by atoms with Gasteiger partial charge in [0.15, 0.2) is 0 Å². The van der Waals surface area contributed by atoms with Crippen LogP contribution in [0.3, 0.4) is 0 Å². The first-order valence-electron chi connectivity index (χ1n) is 10.6. The third-order valence-corrected chi connectivity index (χ3v) is 5.39. The van der Waals surface area contributed by atoms with E-state index < -0.39 is 0 Å². The summed E-state index contributed by atoms with van der Waals surface area (Å²) in [5.74, 6) is -0.0481. The molecule has 0 bridgehead atoms. The van der Waals surface area contributed by atoms with Gasteiger partial charge in [-0.2, -0.15) is 0 Å². The second kappa shape index (κ2) is 9.36. The number of pyridine rings is 1. The Balaban J connectivity index is 1.54. The summed E-state index contributed by atoms with van der Waals surface area (Å²) in [6, 6.07) is 28.5. The van der Waals surface area contributed by atoms with Gasteiger partial charge in [-0.05, 0) is 42.5 Å². The van der Waals surface area contributed by atoms with Crippen molar-refractivity contribution in [3.05, 3.63) is 102 Å². The van der Waals surface area contributed by atoms with Crippen molar-refractivity contribution in [2.45, 2.75) is 26.2 Å². The molecule has 4 rings (SSSR count). The van der Waals surface area contributed by atoms with E-state index in [9.17, 15) is 4.79 Å². The average molecular weight is 395 g/mol. The number of aromatic nitrogens is 1. The molecule has 0 aliphatic carbocycles. The quantitative estimate of drug-likeness (QED) is 0.401. The summed E-state index contributed by atoms with van der Waals surface area (Å²) in [4.78, 5) is 17.8. The third-order valence-electron chi connectivity index (χ3n) is 5.39. The molecule has 1 aromatic heterocycles. The molecule has 0 radical (unpaired) electrons. The minimum absolute atomic E-state index is 0.0481. The lowest BCUT2D eigenvalue weighted by atomic mass is 10.0. The lowest BCUT2D eigenvalue weighted by Crippen LogP contribution is -2.25. The molecule has 4 aromatic rings. The van der Waals surface area contributed by atoms with Gasteiger partial charge < -0.3 is 5.32 Å². The molecule has 3 heteroatoms. The highest BCUT2D eigenvalue weighted by molar-refractivity contribution is 6.07. The Morgan fingerprint density at radius 2 is 1.60 bits per heavy atom. The molecule has 0 fully saturated rings. The van der Waals surface area contributed by atoms with Crippen molar-refractivity contribution < 1.29 is 4.79 Å². The molecule has 3 aromatic carbocycles. The van der Waals surface area contributed by atoms with Crippen LogP contribution in [0.1, 0.15) is 34.8 Å². The minimum atomic E-state index is -0.0481. The highest BCUT2D eigenvalue weighted by Gasteiger charge is 2.13. The predicted molar refractivity (Wildman–Crippen MR) is 124 cm³/mol. The first kappa shape index (κ1) is 19.8. The molecule has 0 aliphatic rings. The van der Waals surface area contributed by atoms with Gasteiger partial charge in [0.05, 0.1) is 16.8 Å². The summed E-state index contributed by atoms with van der Waals surface area (Å²) < 4.78 is 0. The standard InChI is InChI=1S/C27H26N2O/c1-2-20-14-16-22(17-15-20)26-19-24(23-12-6-7-13-25(23)29-26)27(30)28-18-8-11-21-9-4-3-5-10-21/h3-7,9-10,12-17,19H,2,8,11,18H2,1H3,(H,28,30). The first-order valence-corrected chi connectivity index (χ1v) is 10.6. The molecule has 0 atom stereocenters. The van der Waals surface area contributed by atoms with Crippen molar-refractivity contribution in [1.29, 1.82) is 0 Å². The van der Waals surface area contributed by atoms with Gasteiger partial charge in [-0.25, -0.2) is 4.98 Å². The Labute approximate surface area is 177 Å². The summed E-state index contributed by atoms with van der Waals surface area (Å²) in [7, 11) is 0. The first-order chi connectivity index (χ1) is 14.7. The molecule has 0 spiro atoms. The van der Waals surface area contributed by atoms with Crippen LogP contribution in [0.2, 0.25) is 0 Å². The molecule has 0 aliphatic heterocycles. The molecule has 1 heterocycles. The van der Waals surface area contributed by atoms with Crippen molar-refractivity contribution in [3.8, 4) is 11.3 Å². The van der Waals surface area contributed by atoms with E-state index in [-0.39, 0.29) is 5.91 Å². The second-order valence-corrected chi connectivity index (χ2v) is 7.47. The van der Waals surface area contributed by atoms with E-state index in [2.05, 4.69) is 48.6 Å². The SMILES string of the molecule is CCc1ccc(-c2cc(C(=O)NCCCc3ccccc3)c3ccccc3n2)cc1. The van der Waals surface area contributed by atoms with Gasteiger partial charge in [0.1, 0.15) is 0 Å². The van der Waals surface area contributed by atoms with Crippen LogP contribution in [0.5, 0.6) is 0 Å². The number of nitrogens with one attached hydrogen (secondary N) is 1. The monoisotopic (exact) mass is 394 g/mol. The molecule has 30 heavy (non-hydrogen) atoms. The normalized spacial score (nSPS) is 10.8. The molecule has 0 saturated heterocycles. The zero-order valence-corrected chi connectivity index (χ0v) is 17.3. The number of carbonyl (C=O) groups excluding carboxylic acids is 1. The molecule has 150 valence electrons. The van der Waals surface area contributed by atoms with E-state index in [4.69, 9.17) is 4.98 Å². The Kier molecular flexibility index (Phi) is 6.19. The number of hydrogen-bond donors (Lipinski definition) is 1. The fourth-order valence-corrected chi connectivity index (χ4v) is 3.66. The van der Waals surface area contributed by atoms with Crippen LogP contribution < -0.4 is 5.32 Å². The molecular weight excluding hydrogens is 368 g/mol. The number of aryl methyl sites for hydroxylation is 2. The Bertz CT molecular complexity index is 1130. The van der Waals surface area contributed by atoms with Crippen LogP contribution in [0.15, 0.2) is 84.9 Å². The fourth-order valence-electron chi connectivity index (χ4n) is 3.66. The van der Waals surface area contributed by atoms with E-state index >= 15 is 0 Å². The van der Waals surface area contributed by atoms with E-state index in [1.807, 2.05) is 48.5 Å². The smallest absolute Gasteiger partial charge is 0.252 e. The number of nitrogens with zero attached hydrogens (tertiary/aromatic N) is 1. The highest BCUT2D eigenvalue weighted by Crippen LogP contribution is 2.25. The zero-order chi connectivity index (χ0) is 20.8. The van der Waals surface area contributed by atoms with Crippen LogP contribution in [0, 0.1) is 0 Å². The Morgan fingerprint density at radius 3 is 2.37 bits per heavy atom. The van der Waals surface area contributed by atoms with Crippen molar-refractivity contribution in [2.75, 3.05) is 6.54 Å². The Morgan fingerprint density at radius 1 is 0.867 bits per heavy atom. The maximum atomic E-state index is 13.0. The average Bonchev–Trinajstić information content (AvgIpc) is 2.81. The number of carbonyl (C=O) groups is 1. The third kappa shape index (κ3) is 4.57. The van der Waals surface area contributed by atoms with Gasteiger partial charge in [0, 0.05) is 17.5 Å². The van der Waals surface area contributed by atoms with Crippen LogP contribution in [0.25, 0.3) is 22.2 Å². The highest BCUT2D eigenvalue weighted by atomic mass is 16.1. The summed E-state index contributed by atoms with van der Waals surface area (Å²) in [6.07, 6.45) is 2.86. The van der Waals surface area contributed by atoms with Gasteiger partial charge in [0.25, 0.3) is 5.91 Å². The topological polar surface area (TPSA) is 42.0 Å². The molecule has 1 amide bonds. The predicted octanol–water partition coefficient (Wildman–Crippen LogP) is 5.83. The van der Waals surface area contributed by atoms with Crippen molar-refractivity contribution >= 4 is 16.8 Å². The zero-order valence-electron chi connectivity index (χ0n) is 17.3. The maximum absolute atomic E-state index is 13.0. The summed E-state index contributed by atoms with van der Waals surface area (Å²) in [5.41, 5.74) is 5.94. The van der Waals surface area contributed by atoms with Crippen LogP contribution >= 0.6 is 0 Å².